The molecule has 0 bridgehead atoms. The van der Waals surface area contributed by atoms with E-state index in [4.69, 9.17) is 33.4 Å². The van der Waals surface area contributed by atoms with E-state index in [0.717, 1.165) is 26.2 Å². The predicted molar refractivity (Wildman–Crippen MR) is 55.2 cm³/mol. The molecule has 0 rings (SSSR count). The predicted octanol–water partition coefficient (Wildman–Crippen LogP) is -0.757. The van der Waals surface area contributed by atoms with Gasteiger partial charge < -0.3 is 15.8 Å². The van der Waals surface area contributed by atoms with Crippen molar-refractivity contribution in [1.82, 2.24) is 5.32 Å². The maximum absolute atomic E-state index is 8.74. The van der Waals surface area contributed by atoms with Crippen molar-refractivity contribution >= 4 is 16.4 Å². The number of hydrogen-bond donors (Lipinski definition) is 5. The van der Waals surface area contributed by atoms with Crippen molar-refractivity contribution in [2.45, 2.75) is 13.3 Å². The lowest BCUT2D eigenvalue weighted by molar-refractivity contribution is 0.145. The number of rotatable bonds is 5. The Morgan fingerprint density at radius 2 is 2.00 bits per heavy atom. The number of nitrogens with one attached hydrogen (secondary N) is 2. The summed E-state index contributed by atoms with van der Waals surface area (Å²) in [6.45, 7) is 4.16. The van der Waals surface area contributed by atoms with Gasteiger partial charge in [0.15, 0.2) is 5.96 Å². The number of nitrogens with two attached hydrogens (primary N) is 1. The van der Waals surface area contributed by atoms with Crippen LogP contribution in [-0.2, 0) is 15.1 Å². The fourth-order valence-corrected chi connectivity index (χ4v) is 0.542. The lowest BCUT2D eigenvalue weighted by Crippen LogP contribution is -2.31. The van der Waals surface area contributed by atoms with E-state index in [1.165, 1.54) is 0 Å². The Morgan fingerprint density at radius 3 is 2.33 bits per heavy atom. The van der Waals surface area contributed by atoms with E-state index in [2.05, 4.69) is 5.32 Å². The smallest absolute Gasteiger partial charge is 0.382 e. The summed E-state index contributed by atoms with van der Waals surface area (Å²) in [5.41, 5.74) is 5.04. The van der Waals surface area contributed by atoms with Crippen molar-refractivity contribution in [3.8, 4) is 0 Å². The fraction of sp³-hybridized carbons (Fsp3) is 0.833. The second-order valence-corrected chi connectivity index (χ2v) is 3.23. The SMILES string of the molecule is CCOCCCNC(=N)N.O=S(=O)(O)O. The van der Waals surface area contributed by atoms with Crippen molar-refractivity contribution in [3.63, 3.8) is 0 Å². The minimum atomic E-state index is -4.67. The standard InChI is InChI=1S/C6H15N3O.H2O4S/c1-2-10-5-3-4-9-6(7)8;1-5(2,3)4/h2-5H2,1H3,(H4,7,8,9);(H2,1,2,3,4). The first kappa shape index (κ1) is 16.5. The molecule has 0 fully saturated rings. The van der Waals surface area contributed by atoms with E-state index < -0.39 is 10.4 Å². The molecular weight excluding hydrogens is 226 g/mol. The van der Waals surface area contributed by atoms with E-state index in [9.17, 15) is 0 Å². The Labute approximate surface area is 88.9 Å². The molecule has 0 saturated heterocycles. The molecule has 0 radical (unpaired) electrons. The van der Waals surface area contributed by atoms with Gasteiger partial charge in [0.05, 0.1) is 0 Å². The lowest BCUT2D eigenvalue weighted by Gasteiger charge is -2.02. The molecule has 0 aliphatic carbocycles. The first-order chi connectivity index (χ1) is 6.77. The second-order valence-electron chi connectivity index (χ2n) is 2.34. The summed E-state index contributed by atoms with van der Waals surface area (Å²) in [5, 5.41) is 9.49. The summed E-state index contributed by atoms with van der Waals surface area (Å²) >= 11 is 0. The highest BCUT2D eigenvalue weighted by atomic mass is 32.3. The molecule has 0 aromatic rings. The van der Waals surface area contributed by atoms with Crippen LogP contribution >= 0.6 is 0 Å². The molecule has 0 aromatic carbocycles. The molecule has 9 heteroatoms. The van der Waals surface area contributed by atoms with E-state index in [-0.39, 0.29) is 5.96 Å². The second kappa shape index (κ2) is 9.65. The van der Waals surface area contributed by atoms with Crippen LogP contribution < -0.4 is 11.1 Å². The topological polar surface area (TPSA) is 146 Å². The Bertz CT molecular complexity index is 245. The van der Waals surface area contributed by atoms with Gasteiger partial charge in [-0.05, 0) is 13.3 Å². The Morgan fingerprint density at radius 1 is 1.53 bits per heavy atom. The zero-order chi connectivity index (χ0) is 12.3. The van der Waals surface area contributed by atoms with Gasteiger partial charge in [-0.1, -0.05) is 0 Å². The van der Waals surface area contributed by atoms with Crippen LogP contribution in [0.2, 0.25) is 0 Å². The summed E-state index contributed by atoms with van der Waals surface area (Å²) in [5.74, 6) is 0.0245. The van der Waals surface area contributed by atoms with Gasteiger partial charge >= 0.3 is 10.4 Å². The van der Waals surface area contributed by atoms with Crippen LogP contribution in [0, 0.1) is 5.41 Å². The molecule has 0 aliphatic heterocycles. The molecule has 15 heavy (non-hydrogen) atoms. The lowest BCUT2D eigenvalue weighted by atomic mass is 10.4. The molecule has 8 nitrogen and oxygen atoms in total. The first-order valence-electron chi connectivity index (χ1n) is 4.13. The maximum Gasteiger partial charge on any atom is 0.394 e. The number of hydrogen-bond acceptors (Lipinski definition) is 4. The molecule has 0 atom stereocenters. The van der Waals surface area contributed by atoms with Crippen LogP contribution in [0.5, 0.6) is 0 Å². The summed E-state index contributed by atoms with van der Waals surface area (Å²) in [4.78, 5) is 0. The quantitative estimate of drug-likeness (QED) is 0.185. The average molecular weight is 243 g/mol. The highest BCUT2D eigenvalue weighted by Crippen LogP contribution is 1.78. The highest BCUT2D eigenvalue weighted by Gasteiger charge is 1.87. The Kier molecular flexibility index (Phi) is 10.6. The van der Waals surface area contributed by atoms with E-state index in [1.807, 2.05) is 6.92 Å². The molecule has 0 amide bonds. The van der Waals surface area contributed by atoms with Gasteiger partial charge in [0.2, 0.25) is 0 Å². The minimum Gasteiger partial charge on any atom is -0.382 e. The molecule has 0 heterocycles. The van der Waals surface area contributed by atoms with Gasteiger partial charge in [0.1, 0.15) is 0 Å². The molecule has 92 valence electrons. The molecule has 0 unspecified atom stereocenters. The Hall–Kier alpha value is -0.900. The van der Waals surface area contributed by atoms with Crippen molar-refractivity contribution < 1.29 is 22.3 Å². The monoisotopic (exact) mass is 243 g/mol. The molecule has 0 aliphatic rings. The van der Waals surface area contributed by atoms with E-state index in [1.54, 1.807) is 0 Å². The van der Waals surface area contributed by atoms with Crippen LogP contribution in [0.25, 0.3) is 0 Å². The highest BCUT2D eigenvalue weighted by molar-refractivity contribution is 7.79. The van der Waals surface area contributed by atoms with Gasteiger partial charge in [-0.15, -0.1) is 0 Å². The van der Waals surface area contributed by atoms with Crippen LogP contribution in [0.1, 0.15) is 13.3 Å². The molecule has 0 saturated carbocycles. The van der Waals surface area contributed by atoms with Gasteiger partial charge in [-0.25, -0.2) is 0 Å². The van der Waals surface area contributed by atoms with Crippen molar-refractivity contribution in [3.05, 3.63) is 0 Å². The minimum absolute atomic E-state index is 0.0245. The number of guanidine groups is 1. The summed E-state index contributed by atoms with van der Waals surface area (Å²) < 4.78 is 36.6. The van der Waals surface area contributed by atoms with Gasteiger partial charge in [-0.3, -0.25) is 14.5 Å². The maximum atomic E-state index is 8.74. The zero-order valence-electron chi connectivity index (χ0n) is 8.43. The molecule has 0 aromatic heterocycles. The van der Waals surface area contributed by atoms with Crippen LogP contribution in [-0.4, -0.2) is 43.2 Å². The molecule has 0 spiro atoms. The third-order valence-corrected chi connectivity index (χ3v) is 0.985. The van der Waals surface area contributed by atoms with Crippen molar-refractivity contribution in [2.24, 2.45) is 5.73 Å². The van der Waals surface area contributed by atoms with Gasteiger partial charge in [0.25, 0.3) is 0 Å². The van der Waals surface area contributed by atoms with Gasteiger partial charge in [-0.2, -0.15) is 8.42 Å². The van der Waals surface area contributed by atoms with E-state index >= 15 is 0 Å². The largest absolute Gasteiger partial charge is 0.394 e. The van der Waals surface area contributed by atoms with Crippen LogP contribution in [0.15, 0.2) is 0 Å². The summed E-state index contributed by atoms with van der Waals surface area (Å²) in [7, 11) is -4.67. The summed E-state index contributed by atoms with van der Waals surface area (Å²) in [6, 6.07) is 0. The third-order valence-electron chi connectivity index (χ3n) is 0.985. The average Bonchev–Trinajstić information content (AvgIpc) is 2.00. The number of ether oxygens (including phenoxy) is 1. The molecule has 6 N–H and O–H groups in total. The van der Waals surface area contributed by atoms with E-state index in [0.29, 0.717) is 0 Å². The third kappa shape index (κ3) is 43.4. The first-order valence-corrected chi connectivity index (χ1v) is 5.52. The van der Waals surface area contributed by atoms with Crippen molar-refractivity contribution in [1.29, 1.82) is 5.41 Å². The van der Waals surface area contributed by atoms with Crippen molar-refractivity contribution in [2.75, 3.05) is 19.8 Å². The fourth-order valence-electron chi connectivity index (χ4n) is 0.542. The Balaban J connectivity index is 0. The normalized spacial score (nSPS) is 10.1. The zero-order valence-corrected chi connectivity index (χ0v) is 9.25. The van der Waals surface area contributed by atoms with Crippen LogP contribution in [0.4, 0.5) is 0 Å². The van der Waals surface area contributed by atoms with Crippen LogP contribution in [0.3, 0.4) is 0 Å². The van der Waals surface area contributed by atoms with Gasteiger partial charge in [0, 0.05) is 19.8 Å². The molecular formula is C6H17N3O5S. The summed E-state index contributed by atoms with van der Waals surface area (Å²) in [6.07, 6.45) is 0.896.